The normalized spacial score (nSPS) is 19.4. The molecule has 2 heterocycles. The highest BCUT2D eigenvalue weighted by Crippen LogP contribution is 2.09. The van der Waals surface area contributed by atoms with E-state index in [1.165, 1.54) is 6.92 Å². The lowest BCUT2D eigenvalue weighted by Crippen LogP contribution is -2.50. The van der Waals surface area contributed by atoms with Gasteiger partial charge in [-0.2, -0.15) is 5.26 Å². The van der Waals surface area contributed by atoms with Crippen LogP contribution in [0.25, 0.3) is 0 Å². The predicted octanol–water partition coefficient (Wildman–Crippen LogP) is -1.14. The van der Waals surface area contributed by atoms with Gasteiger partial charge < -0.3 is 19.6 Å². The number of nitrogens with zero attached hydrogens (tertiary/aromatic N) is 5. The van der Waals surface area contributed by atoms with E-state index in [0.29, 0.717) is 52.4 Å². The Morgan fingerprint density at radius 2 is 1.43 bits per heavy atom. The van der Waals surface area contributed by atoms with Crippen LogP contribution in [0.4, 0.5) is 0 Å². The Labute approximate surface area is 135 Å². The highest BCUT2D eigenvalue weighted by molar-refractivity contribution is 5.97. The number of hydrogen-bond donors (Lipinski definition) is 0. The van der Waals surface area contributed by atoms with E-state index in [1.807, 2.05) is 11.0 Å². The highest BCUT2D eigenvalue weighted by Gasteiger charge is 2.25. The van der Waals surface area contributed by atoms with E-state index in [2.05, 4.69) is 0 Å². The lowest BCUT2D eigenvalue weighted by molar-refractivity contribution is -0.136. The molecule has 2 aliphatic heterocycles. The fourth-order valence-electron chi connectivity index (χ4n) is 2.68. The number of nitriles is 1. The van der Waals surface area contributed by atoms with Crippen LogP contribution < -0.4 is 0 Å². The zero-order valence-corrected chi connectivity index (χ0v) is 13.3. The van der Waals surface area contributed by atoms with Crippen molar-refractivity contribution in [3.05, 3.63) is 11.8 Å². The molecule has 0 N–H and O–H groups in total. The lowest BCUT2D eigenvalue weighted by Gasteiger charge is -2.35. The van der Waals surface area contributed by atoms with E-state index in [1.54, 1.807) is 20.9 Å². The first-order chi connectivity index (χ1) is 11.0. The van der Waals surface area contributed by atoms with Gasteiger partial charge in [-0.1, -0.05) is 0 Å². The first-order valence-electron chi connectivity index (χ1n) is 7.65. The van der Waals surface area contributed by atoms with Crippen molar-refractivity contribution in [1.29, 1.82) is 5.26 Å². The molecule has 124 valence electrons. The summed E-state index contributed by atoms with van der Waals surface area (Å²) < 4.78 is 0. The molecule has 2 aliphatic rings. The molecule has 0 aliphatic carbocycles. The van der Waals surface area contributed by atoms with Gasteiger partial charge in [0.15, 0.2) is 0 Å². The van der Waals surface area contributed by atoms with Crippen molar-refractivity contribution in [2.24, 2.45) is 0 Å². The van der Waals surface area contributed by atoms with Gasteiger partial charge in [0, 0.05) is 65.5 Å². The van der Waals surface area contributed by atoms with E-state index in [-0.39, 0.29) is 17.4 Å². The van der Waals surface area contributed by atoms with Crippen molar-refractivity contribution >= 4 is 18.2 Å². The van der Waals surface area contributed by atoms with E-state index in [0.717, 1.165) is 6.41 Å². The molecule has 0 unspecified atom stereocenters. The summed E-state index contributed by atoms with van der Waals surface area (Å²) in [6.45, 7) is 5.78. The Kier molecular flexibility index (Phi) is 5.57. The van der Waals surface area contributed by atoms with Crippen molar-refractivity contribution in [1.82, 2.24) is 19.6 Å². The van der Waals surface area contributed by atoms with E-state index in [4.69, 9.17) is 0 Å². The number of hydrogen-bond acceptors (Lipinski definition) is 5. The van der Waals surface area contributed by atoms with Gasteiger partial charge in [0.05, 0.1) is 0 Å². The Bertz CT molecular complexity index is 538. The zero-order chi connectivity index (χ0) is 16.8. The molecule has 8 heteroatoms. The van der Waals surface area contributed by atoms with Crippen molar-refractivity contribution in [3.63, 3.8) is 0 Å². The molecule has 0 bridgehead atoms. The maximum Gasteiger partial charge on any atom is 0.266 e. The van der Waals surface area contributed by atoms with Crippen LogP contribution in [0.3, 0.4) is 0 Å². The maximum atomic E-state index is 12.4. The predicted molar refractivity (Wildman–Crippen MR) is 81.7 cm³/mol. The molecule has 0 aromatic rings. The molecule has 2 saturated heterocycles. The first kappa shape index (κ1) is 16.8. The summed E-state index contributed by atoms with van der Waals surface area (Å²) in [6.07, 6.45) is 2.40. The first-order valence-corrected chi connectivity index (χ1v) is 7.65. The van der Waals surface area contributed by atoms with Crippen LogP contribution in [0.2, 0.25) is 0 Å². The molecule has 0 aromatic heterocycles. The minimum atomic E-state index is -0.298. The van der Waals surface area contributed by atoms with Crippen LogP contribution in [-0.4, -0.2) is 90.2 Å². The van der Waals surface area contributed by atoms with Crippen molar-refractivity contribution in [3.8, 4) is 6.07 Å². The van der Waals surface area contributed by atoms with Crippen molar-refractivity contribution in [2.45, 2.75) is 6.92 Å². The zero-order valence-electron chi connectivity index (χ0n) is 13.3. The third-order valence-corrected chi connectivity index (χ3v) is 4.17. The molecular weight excluding hydrogens is 298 g/mol. The average molecular weight is 319 g/mol. The molecule has 0 aromatic carbocycles. The minimum Gasteiger partial charge on any atom is -0.373 e. The van der Waals surface area contributed by atoms with Crippen LogP contribution in [0, 0.1) is 11.3 Å². The van der Waals surface area contributed by atoms with Crippen LogP contribution in [0.15, 0.2) is 11.8 Å². The van der Waals surface area contributed by atoms with Gasteiger partial charge in [-0.15, -0.1) is 0 Å². The minimum absolute atomic E-state index is 0.00111. The Balaban J connectivity index is 1.94. The van der Waals surface area contributed by atoms with Gasteiger partial charge in [0.25, 0.3) is 5.91 Å². The van der Waals surface area contributed by atoms with Gasteiger partial charge in [-0.05, 0) is 0 Å². The fourth-order valence-corrected chi connectivity index (χ4v) is 2.68. The number of carbonyl (C=O) groups excluding carboxylic acids is 3. The Hall–Kier alpha value is -2.56. The molecule has 0 saturated carbocycles. The Morgan fingerprint density at radius 1 is 0.913 bits per heavy atom. The standard InChI is InChI=1S/C15H21N5O3/c1-13(22)19-6-8-20(9-7-19)15(23)14(10-16)11-17-2-4-18(12-21)5-3-17/h11-12H,2-9H2,1H3/b14-11-. The average Bonchev–Trinajstić information content (AvgIpc) is 2.59. The summed E-state index contributed by atoms with van der Waals surface area (Å²) in [5.41, 5.74) is 0.0980. The molecule has 2 rings (SSSR count). The monoisotopic (exact) mass is 319 g/mol. The molecule has 8 nitrogen and oxygen atoms in total. The SMILES string of the molecule is CC(=O)N1CCN(C(=O)/C(C#N)=C\N2CCN(C=O)CC2)CC1. The third kappa shape index (κ3) is 4.22. The van der Waals surface area contributed by atoms with Crippen molar-refractivity contribution < 1.29 is 14.4 Å². The van der Waals surface area contributed by atoms with E-state index in [9.17, 15) is 19.6 Å². The highest BCUT2D eigenvalue weighted by atomic mass is 16.2. The fraction of sp³-hybridized carbons (Fsp3) is 0.600. The summed E-state index contributed by atoms with van der Waals surface area (Å²) >= 11 is 0. The second-order valence-electron chi connectivity index (χ2n) is 5.63. The molecule has 0 radical (unpaired) electrons. The number of piperazine rings is 2. The second-order valence-corrected chi connectivity index (χ2v) is 5.63. The third-order valence-electron chi connectivity index (χ3n) is 4.17. The Morgan fingerprint density at radius 3 is 1.91 bits per heavy atom. The molecule has 3 amide bonds. The van der Waals surface area contributed by atoms with Crippen molar-refractivity contribution in [2.75, 3.05) is 52.4 Å². The van der Waals surface area contributed by atoms with Crippen LogP contribution in [-0.2, 0) is 14.4 Å². The largest absolute Gasteiger partial charge is 0.373 e. The van der Waals surface area contributed by atoms with E-state index >= 15 is 0 Å². The van der Waals surface area contributed by atoms with Crippen LogP contribution >= 0.6 is 0 Å². The van der Waals surface area contributed by atoms with Gasteiger partial charge in [0.1, 0.15) is 11.6 Å². The summed E-state index contributed by atoms with van der Waals surface area (Å²) in [6, 6.07) is 1.97. The van der Waals surface area contributed by atoms with Crippen LogP contribution in [0.5, 0.6) is 0 Å². The quantitative estimate of drug-likeness (QED) is 0.373. The number of rotatable bonds is 3. The molecule has 2 fully saturated rings. The van der Waals surface area contributed by atoms with E-state index < -0.39 is 0 Å². The molecule has 23 heavy (non-hydrogen) atoms. The van der Waals surface area contributed by atoms with Gasteiger partial charge in [-0.25, -0.2) is 0 Å². The molecular formula is C15H21N5O3. The van der Waals surface area contributed by atoms with Gasteiger partial charge in [0.2, 0.25) is 12.3 Å². The molecule has 0 spiro atoms. The topological polar surface area (TPSA) is 88.0 Å². The van der Waals surface area contributed by atoms with Crippen LogP contribution in [0.1, 0.15) is 6.92 Å². The summed E-state index contributed by atoms with van der Waals surface area (Å²) in [5.74, 6) is -0.297. The van der Waals surface area contributed by atoms with Gasteiger partial charge >= 0.3 is 0 Å². The summed E-state index contributed by atoms with van der Waals surface area (Å²) in [4.78, 5) is 41.3. The number of amides is 3. The lowest BCUT2D eigenvalue weighted by atomic mass is 10.2. The van der Waals surface area contributed by atoms with Gasteiger partial charge in [-0.3, -0.25) is 14.4 Å². The maximum absolute atomic E-state index is 12.4. The summed E-state index contributed by atoms with van der Waals surface area (Å²) in [5, 5.41) is 9.27. The summed E-state index contributed by atoms with van der Waals surface area (Å²) in [7, 11) is 0. The number of carbonyl (C=O) groups is 3. The smallest absolute Gasteiger partial charge is 0.266 e. The second kappa shape index (κ2) is 7.63. The molecule has 0 atom stereocenters.